The van der Waals surface area contributed by atoms with Crippen molar-refractivity contribution in [1.82, 2.24) is 9.62 Å². The van der Waals surface area contributed by atoms with E-state index in [2.05, 4.69) is 17.2 Å². The van der Waals surface area contributed by atoms with Crippen LogP contribution in [-0.4, -0.2) is 57.4 Å². The molecule has 2 amide bonds. The number of anilines is 1. The second kappa shape index (κ2) is 8.04. The van der Waals surface area contributed by atoms with Crippen LogP contribution in [0.5, 0.6) is 0 Å². The SMILES string of the molecule is C=CCNC(=O)C(=O)Nc1ccc(S(=O)(=O)N2CCOCC2)cc1. The Labute approximate surface area is 140 Å². The molecule has 1 aliphatic heterocycles. The van der Waals surface area contributed by atoms with Gasteiger partial charge in [-0.2, -0.15) is 4.31 Å². The average Bonchev–Trinajstić information content (AvgIpc) is 2.60. The molecule has 1 fully saturated rings. The van der Waals surface area contributed by atoms with E-state index in [4.69, 9.17) is 4.74 Å². The minimum atomic E-state index is -3.59. The fourth-order valence-electron chi connectivity index (χ4n) is 2.08. The number of amides is 2. The Morgan fingerprint density at radius 3 is 2.38 bits per heavy atom. The first kappa shape index (κ1) is 18.1. The van der Waals surface area contributed by atoms with E-state index in [1.807, 2.05) is 0 Å². The van der Waals surface area contributed by atoms with Crippen molar-refractivity contribution in [1.29, 1.82) is 0 Å². The van der Waals surface area contributed by atoms with Crippen molar-refractivity contribution in [2.75, 3.05) is 38.2 Å². The summed E-state index contributed by atoms with van der Waals surface area (Å²) in [5.74, 6) is -1.62. The van der Waals surface area contributed by atoms with Gasteiger partial charge >= 0.3 is 11.8 Å². The molecule has 24 heavy (non-hydrogen) atoms. The quantitative estimate of drug-likeness (QED) is 0.570. The molecular weight excluding hydrogens is 334 g/mol. The van der Waals surface area contributed by atoms with Crippen LogP contribution >= 0.6 is 0 Å². The summed E-state index contributed by atoms with van der Waals surface area (Å²) in [6.45, 7) is 4.97. The van der Waals surface area contributed by atoms with Crippen LogP contribution in [0.2, 0.25) is 0 Å². The molecule has 1 aliphatic rings. The van der Waals surface area contributed by atoms with Crippen molar-refractivity contribution < 1.29 is 22.7 Å². The van der Waals surface area contributed by atoms with E-state index in [0.29, 0.717) is 32.0 Å². The first-order valence-electron chi connectivity index (χ1n) is 7.33. The van der Waals surface area contributed by atoms with E-state index < -0.39 is 21.8 Å². The van der Waals surface area contributed by atoms with Gasteiger partial charge in [-0.05, 0) is 24.3 Å². The number of rotatable bonds is 5. The van der Waals surface area contributed by atoms with E-state index in [1.54, 1.807) is 0 Å². The van der Waals surface area contributed by atoms with Gasteiger partial charge in [-0.25, -0.2) is 8.42 Å². The van der Waals surface area contributed by atoms with Gasteiger partial charge in [-0.15, -0.1) is 6.58 Å². The Morgan fingerprint density at radius 1 is 1.17 bits per heavy atom. The molecule has 9 heteroatoms. The second-order valence-corrected chi connectivity index (χ2v) is 6.93. The van der Waals surface area contributed by atoms with Crippen LogP contribution in [0, 0.1) is 0 Å². The molecule has 0 aromatic heterocycles. The number of hydrogen-bond donors (Lipinski definition) is 2. The van der Waals surface area contributed by atoms with Crippen molar-refractivity contribution >= 4 is 27.5 Å². The molecule has 2 N–H and O–H groups in total. The maximum atomic E-state index is 12.5. The summed E-state index contributed by atoms with van der Waals surface area (Å²) in [6.07, 6.45) is 1.45. The highest BCUT2D eigenvalue weighted by Gasteiger charge is 2.26. The zero-order chi connectivity index (χ0) is 17.6. The molecule has 0 spiro atoms. The molecule has 130 valence electrons. The zero-order valence-electron chi connectivity index (χ0n) is 13.0. The summed E-state index contributed by atoms with van der Waals surface area (Å²) in [5, 5.41) is 4.74. The fourth-order valence-corrected chi connectivity index (χ4v) is 3.49. The maximum absolute atomic E-state index is 12.5. The fraction of sp³-hybridized carbons (Fsp3) is 0.333. The highest BCUT2D eigenvalue weighted by molar-refractivity contribution is 7.89. The Morgan fingerprint density at radius 2 is 1.79 bits per heavy atom. The summed E-state index contributed by atoms with van der Waals surface area (Å²) in [4.78, 5) is 23.2. The van der Waals surface area contributed by atoms with Crippen LogP contribution in [0.25, 0.3) is 0 Å². The molecule has 1 aromatic carbocycles. The third-order valence-corrected chi connectivity index (χ3v) is 5.25. The largest absolute Gasteiger partial charge is 0.379 e. The normalized spacial score (nSPS) is 15.5. The minimum absolute atomic E-state index is 0.124. The van der Waals surface area contributed by atoms with Gasteiger partial charge in [0, 0.05) is 25.3 Å². The van der Waals surface area contributed by atoms with Gasteiger partial charge in [0.15, 0.2) is 0 Å². The van der Waals surface area contributed by atoms with Crippen LogP contribution in [-0.2, 0) is 24.3 Å². The molecule has 0 aliphatic carbocycles. The first-order chi connectivity index (χ1) is 11.4. The molecule has 2 rings (SSSR count). The van der Waals surface area contributed by atoms with Gasteiger partial charge in [0.05, 0.1) is 18.1 Å². The predicted molar refractivity (Wildman–Crippen MR) is 87.9 cm³/mol. The van der Waals surface area contributed by atoms with Crippen LogP contribution < -0.4 is 10.6 Å². The Bertz CT molecular complexity index is 709. The van der Waals surface area contributed by atoms with E-state index >= 15 is 0 Å². The topological polar surface area (TPSA) is 105 Å². The van der Waals surface area contributed by atoms with E-state index in [-0.39, 0.29) is 11.4 Å². The number of carbonyl (C=O) groups excluding carboxylic acids is 2. The minimum Gasteiger partial charge on any atom is -0.379 e. The van der Waals surface area contributed by atoms with Gasteiger partial charge in [-0.3, -0.25) is 9.59 Å². The highest BCUT2D eigenvalue weighted by atomic mass is 32.2. The predicted octanol–water partition coefficient (Wildman–Crippen LogP) is -0.0518. The Balaban J connectivity index is 2.03. The lowest BCUT2D eigenvalue weighted by molar-refractivity contribution is -0.136. The number of morpholine rings is 1. The van der Waals surface area contributed by atoms with Crippen LogP contribution in [0.3, 0.4) is 0 Å². The third kappa shape index (κ3) is 4.40. The third-order valence-electron chi connectivity index (χ3n) is 3.33. The number of sulfonamides is 1. The molecule has 0 saturated carbocycles. The molecule has 1 aromatic rings. The first-order valence-corrected chi connectivity index (χ1v) is 8.77. The summed E-state index contributed by atoms with van der Waals surface area (Å²) in [6, 6.07) is 5.65. The molecule has 8 nitrogen and oxygen atoms in total. The van der Waals surface area contributed by atoms with E-state index in [9.17, 15) is 18.0 Å². The van der Waals surface area contributed by atoms with Gasteiger partial charge in [0.1, 0.15) is 0 Å². The smallest absolute Gasteiger partial charge is 0.313 e. The van der Waals surface area contributed by atoms with Gasteiger partial charge in [0.2, 0.25) is 10.0 Å². The average molecular weight is 353 g/mol. The lowest BCUT2D eigenvalue weighted by atomic mass is 10.3. The second-order valence-electron chi connectivity index (χ2n) is 4.99. The number of benzene rings is 1. The number of hydrogen-bond acceptors (Lipinski definition) is 5. The monoisotopic (exact) mass is 353 g/mol. The zero-order valence-corrected chi connectivity index (χ0v) is 13.8. The maximum Gasteiger partial charge on any atom is 0.313 e. The molecule has 0 bridgehead atoms. The molecule has 1 saturated heterocycles. The summed E-state index contributed by atoms with van der Waals surface area (Å²) < 4.78 is 31.4. The standard InChI is InChI=1S/C15H19N3O5S/c1-2-7-16-14(19)15(20)17-12-3-5-13(6-4-12)24(21,22)18-8-10-23-11-9-18/h2-6H,1,7-11H2,(H,16,19)(H,17,20). The number of nitrogens with one attached hydrogen (secondary N) is 2. The highest BCUT2D eigenvalue weighted by Crippen LogP contribution is 2.19. The van der Waals surface area contributed by atoms with Crippen molar-refractivity contribution in [3.8, 4) is 0 Å². The van der Waals surface area contributed by atoms with Crippen molar-refractivity contribution in [2.45, 2.75) is 4.90 Å². The summed E-state index contributed by atoms with van der Waals surface area (Å²) >= 11 is 0. The molecule has 0 atom stereocenters. The number of nitrogens with zero attached hydrogens (tertiary/aromatic N) is 1. The Kier molecular flexibility index (Phi) is 6.07. The lowest BCUT2D eigenvalue weighted by Gasteiger charge is -2.26. The molecule has 0 radical (unpaired) electrons. The molecule has 1 heterocycles. The van der Waals surface area contributed by atoms with Crippen LogP contribution in [0.4, 0.5) is 5.69 Å². The van der Waals surface area contributed by atoms with Crippen molar-refractivity contribution in [3.05, 3.63) is 36.9 Å². The van der Waals surface area contributed by atoms with E-state index in [0.717, 1.165) is 0 Å². The van der Waals surface area contributed by atoms with Crippen LogP contribution in [0.1, 0.15) is 0 Å². The lowest BCUT2D eigenvalue weighted by Crippen LogP contribution is -2.40. The Hall–Kier alpha value is -2.23. The van der Waals surface area contributed by atoms with Gasteiger partial charge in [0.25, 0.3) is 0 Å². The van der Waals surface area contributed by atoms with Crippen molar-refractivity contribution in [2.24, 2.45) is 0 Å². The van der Waals surface area contributed by atoms with Crippen molar-refractivity contribution in [3.63, 3.8) is 0 Å². The van der Waals surface area contributed by atoms with Gasteiger partial charge < -0.3 is 15.4 Å². The molecule has 0 unspecified atom stereocenters. The van der Waals surface area contributed by atoms with Crippen LogP contribution in [0.15, 0.2) is 41.8 Å². The number of carbonyl (C=O) groups is 2. The van der Waals surface area contributed by atoms with Gasteiger partial charge in [-0.1, -0.05) is 6.08 Å². The van der Waals surface area contributed by atoms with E-state index in [1.165, 1.54) is 34.6 Å². The summed E-state index contributed by atoms with van der Waals surface area (Å²) in [5.41, 5.74) is 0.328. The molecular formula is C15H19N3O5S. The number of ether oxygens (including phenoxy) is 1. The summed E-state index contributed by atoms with van der Waals surface area (Å²) in [7, 11) is -3.59.